The number of piperidine rings is 1. The summed E-state index contributed by atoms with van der Waals surface area (Å²) in [5.41, 5.74) is 4.22. The van der Waals surface area contributed by atoms with Crippen molar-refractivity contribution >= 4 is 39.9 Å². The van der Waals surface area contributed by atoms with Crippen LogP contribution in [0.3, 0.4) is 0 Å². The number of carbonyl (C=O) groups is 2. The average Bonchev–Trinajstić information content (AvgIpc) is 3.66. The fourth-order valence-corrected chi connectivity index (χ4v) is 6.02. The van der Waals surface area contributed by atoms with Crippen LogP contribution in [0.2, 0.25) is 0 Å². The lowest BCUT2D eigenvalue weighted by molar-refractivity contribution is -0.119. The average molecular weight is 623 g/mol. The van der Waals surface area contributed by atoms with Crippen molar-refractivity contribution in [3.63, 3.8) is 0 Å². The number of para-hydroxylation sites is 1. The molecule has 0 atom stereocenters. The standard InChI is InChI=1S/C33H34N8O3S/c1-21(2)16-24-17-29(41(39-24)27-9-5-4-8-22(27)3)38-31(43)37-25-18-34-32(35-19-25)44-26-13-11-23(12-14-26)28-20-36-33(45-28)40-15-7-6-10-30(40)42/h4-5,8-9,11-14,17-21H,6-7,10,15-16H2,1-3H3,(H2,37,38,43). The predicted molar refractivity (Wildman–Crippen MR) is 175 cm³/mol. The number of urea groups is 1. The Hall–Kier alpha value is -5.10. The summed E-state index contributed by atoms with van der Waals surface area (Å²) in [5, 5.41) is 11.2. The van der Waals surface area contributed by atoms with Gasteiger partial charge in [0.2, 0.25) is 5.91 Å². The van der Waals surface area contributed by atoms with Gasteiger partial charge in [0.25, 0.3) is 0 Å². The summed E-state index contributed by atoms with van der Waals surface area (Å²) in [4.78, 5) is 40.9. The molecule has 0 spiro atoms. The molecule has 3 amide bonds. The number of rotatable bonds is 9. The van der Waals surface area contributed by atoms with Crippen molar-refractivity contribution in [2.24, 2.45) is 5.92 Å². The molecule has 12 heteroatoms. The van der Waals surface area contributed by atoms with Crippen LogP contribution >= 0.6 is 11.3 Å². The van der Waals surface area contributed by atoms with Crippen LogP contribution in [0, 0.1) is 12.8 Å². The quantitative estimate of drug-likeness (QED) is 0.177. The maximum atomic E-state index is 12.9. The number of aryl methyl sites for hydroxylation is 1. The fourth-order valence-electron chi connectivity index (χ4n) is 5.06. The van der Waals surface area contributed by atoms with Gasteiger partial charge < -0.3 is 10.1 Å². The zero-order valence-corrected chi connectivity index (χ0v) is 26.2. The second kappa shape index (κ2) is 13.3. The lowest BCUT2D eigenvalue weighted by atomic mass is 10.1. The van der Waals surface area contributed by atoms with Crippen LogP contribution in [0.15, 0.2) is 73.2 Å². The SMILES string of the molecule is Cc1ccccc1-n1nc(CC(C)C)cc1NC(=O)Nc1cnc(Oc2ccc(-c3cnc(N4CCCCC4=O)s3)cc2)nc1. The zero-order chi connectivity index (χ0) is 31.3. The third kappa shape index (κ3) is 7.18. The van der Waals surface area contributed by atoms with Gasteiger partial charge in [-0.1, -0.05) is 43.4 Å². The first-order valence-corrected chi connectivity index (χ1v) is 15.7. The van der Waals surface area contributed by atoms with Crippen molar-refractivity contribution in [1.82, 2.24) is 24.7 Å². The number of carbonyl (C=O) groups excluding carboxylic acids is 2. The van der Waals surface area contributed by atoms with Crippen LogP contribution in [0.25, 0.3) is 16.1 Å². The van der Waals surface area contributed by atoms with Gasteiger partial charge in [-0.3, -0.25) is 15.0 Å². The Morgan fingerprint density at radius 2 is 1.78 bits per heavy atom. The predicted octanol–water partition coefficient (Wildman–Crippen LogP) is 7.25. The van der Waals surface area contributed by atoms with Crippen LogP contribution in [-0.4, -0.2) is 43.2 Å². The molecule has 3 aromatic heterocycles. The number of anilines is 3. The fraction of sp³-hybridized carbons (Fsp3) is 0.273. The summed E-state index contributed by atoms with van der Waals surface area (Å²) in [6.45, 7) is 6.99. The highest BCUT2D eigenvalue weighted by Gasteiger charge is 2.22. The Morgan fingerprint density at radius 1 is 1.00 bits per heavy atom. The lowest BCUT2D eigenvalue weighted by Gasteiger charge is -2.23. The molecule has 2 N–H and O–H groups in total. The lowest BCUT2D eigenvalue weighted by Crippen LogP contribution is -2.34. The van der Waals surface area contributed by atoms with E-state index >= 15 is 0 Å². The number of nitrogens with one attached hydrogen (secondary N) is 2. The summed E-state index contributed by atoms with van der Waals surface area (Å²) >= 11 is 1.50. The van der Waals surface area contributed by atoms with E-state index in [0.29, 0.717) is 29.6 Å². The van der Waals surface area contributed by atoms with Gasteiger partial charge in [0.15, 0.2) is 5.13 Å². The van der Waals surface area contributed by atoms with Gasteiger partial charge in [0.05, 0.1) is 34.3 Å². The molecule has 11 nitrogen and oxygen atoms in total. The van der Waals surface area contributed by atoms with Crippen molar-refractivity contribution in [2.45, 2.75) is 46.5 Å². The number of nitrogens with zero attached hydrogens (tertiary/aromatic N) is 6. The normalized spacial score (nSPS) is 13.2. The number of hydrogen-bond acceptors (Lipinski definition) is 8. The van der Waals surface area contributed by atoms with E-state index in [1.54, 1.807) is 15.8 Å². The van der Waals surface area contributed by atoms with Gasteiger partial charge in [-0.15, -0.1) is 0 Å². The van der Waals surface area contributed by atoms with Crippen molar-refractivity contribution in [3.8, 4) is 27.9 Å². The molecular weight excluding hydrogens is 588 g/mol. The van der Waals surface area contributed by atoms with Gasteiger partial charge in [-0.05, 0) is 73.6 Å². The Kier molecular flexibility index (Phi) is 8.83. The Labute approximate surface area is 265 Å². The molecule has 0 unspecified atom stereocenters. The summed E-state index contributed by atoms with van der Waals surface area (Å²) < 4.78 is 7.58. The van der Waals surface area contributed by atoms with Gasteiger partial charge in [0.1, 0.15) is 11.6 Å². The zero-order valence-electron chi connectivity index (χ0n) is 25.4. The highest BCUT2D eigenvalue weighted by atomic mass is 32.1. The number of thiazole rings is 1. The number of benzene rings is 2. The highest BCUT2D eigenvalue weighted by Crippen LogP contribution is 2.34. The third-order valence-electron chi connectivity index (χ3n) is 7.24. The Balaban J connectivity index is 1.07. The monoisotopic (exact) mass is 622 g/mol. The molecule has 230 valence electrons. The molecule has 1 aliphatic heterocycles. The van der Waals surface area contributed by atoms with E-state index in [2.05, 4.69) is 39.4 Å². The first kappa shape index (κ1) is 29.9. The summed E-state index contributed by atoms with van der Waals surface area (Å²) in [7, 11) is 0. The van der Waals surface area contributed by atoms with Gasteiger partial charge in [-0.2, -0.15) is 5.10 Å². The smallest absolute Gasteiger partial charge is 0.324 e. The molecule has 4 heterocycles. The van der Waals surface area contributed by atoms with E-state index in [1.165, 1.54) is 23.7 Å². The number of aromatic nitrogens is 5. The molecule has 45 heavy (non-hydrogen) atoms. The topological polar surface area (TPSA) is 127 Å². The molecule has 1 aliphatic rings. The van der Waals surface area contributed by atoms with E-state index in [1.807, 2.05) is 61.5 Å². The molecule has 0 saturated carbocycles. The van der Waals surface area contributed by atoms with E-state index in [4.69, 9.17) is 9.84 Å². The summed E-state index contributed by atoms with van der Waals surface area (Å²) in [5.74, 6) is 1.69. The largest absolute Gasteiger partial charge is 0.424 e. The maximum absolute atomic E-state index is 12.9. The maximum Gasteiger partial charge on any atom is 0.324 e. The van der Waals surface area contributed by atoms with E-state index < -0.39 is 6.03 Å². The molecule has 6 rings (SSSR count). The molecule has 2 aromatic carbocycles. The van der Waals surface area contributed by atoms with E-state index in [-0.39, 0.29) is 11.9 Å². The number of hydrogen-bond donors (Lipinski definition) is 2. The molecule has 0 bridgehead atoms. The first-order valence-electron chi connectivity index (χ1n) is 14.9. The van der Waals surface area contributed by atoms with Crippen LogP contribution in [0.4, 0.5) is 21.4 Å². The first-order chi connectivity index (χ1) is 21.8. The van der Waals surface area contributed by atoms with Gasteiger partial charge in [0, 0.05) is 25.2 Å². The van der Waals surface area contributed by atoms with Crippen LogP contribution in [0.5, 0.6) is 11.8 Å². The second-order valence-electron chi connectivity index (χ2n) is 11.3. The minimum atomic E-state index is -0.440. The Morgan fingerprint density at radius 3 is 2.51 bits per heavy atom. The molecule has 0 radical (unpaired) electrons. The van der Waals surface area contributed by atoms with Gasteiger partial charge >= 0.3 is 12.0 Å². The van der Waals surface area contributed by atoms with Crippen LogP contribution < -0.4 is 20.3 Å². The van der Waals surface area contributed by atoms with Crippen molar-refractivity contribution in [1.29, 1.82) is 0 Å². The third-order valence-corrected chi connectivity index (χ3v) is 8.31. The highest BCUT2D eigenvalue weighted by molar-refractivity contribution is 7.19. The molecule has 1 saturated heterocycles. The van der Waals surface area contributed by atoms with Crippen molar-refractivity contribution in [2.75, 3.05) is 22.1 Å². The minimum absolute atomic E-state index is 0.133. The summed E-state index contributed by atoms with van der Waals surface area (Å²) in [6, 6.07) is 17.0. The van der Waals surface area contributed by atoms with E-state index in [9.17, 15) is 9.59 Å². The number of amides is 3. The van der Waals surface area contributed by atoms with Crippen LogP contribution in [-0.2, 0) is 11.2 Å². The van der Waals surface area contributed by atoms with Crippen LogP contribution in [0.1, 0.15) is 44.4 Å². The van der Waals surface area contributed by atoms with Gasteiger partial charge in [-0.25, -0.2) is 24.4 Å². The number of ether oxygens (including phenoxy) is 1. The molecule has 1 fully saturated rings. The Bertz CT molecular complexity index is 1800. The van der Waals surface area contributed by atoms with Crippen molar-refractivity contribution in [3.05, 3.63) is 84.4 Å². The minimum Gasteiger partial charge on any atom is -0.424 e. The summed E-state index contributed by atoms with van der Waals surface area (Å²) in [6.07, 6.45) is 8.07. The second-order valence-corrected chi connectivity index (χ2v) is 12.3. The van der Waals surface area contributed by atoms with Crippen molar-refractivity contribution < 1.29 is 14.3 Å². The molecule has 5 aromatic rings. The molecular formula is C33H34N8O3S. The van der Waals surface area contributed by atoms with E-state index in [0.717, 1.165) is 58.3 Å². The molecule has 0 aliphatic carbocycles.